The first-order valence-electron chi connectivity index (χ1n) is 7.56. The fourth-order valence-electron chi connectivity index (χ4n) is 2.50. The fraction of sp³-hybridized carbons (Fsp3) is 0.667. The van der Waals surface area contributed by atoms with E-state index in [1.165, 1.54) is 15.6 Å². The largest absolute Gasteiger partial charge is 0.292 e. The molecule has 0 aromatic carbocycles. The number of aromatic nitrogens is 4. The summed E-state index contributed by atoms with van der Waals surface area (Å²) in [5, 5.41) is 9.61. The van der Waals surface area contributed by atoms with Crippen molar-refractivity contribution in [1.29, 1.82) is 0 Å². The summed E-state index contributed by atoms with van der Waals surface area (Å²) in [4.78, 5) is 8.71. The highest BCUT2D eigenvalue weighted by molar-refractivity contribution is 7.11. The fourth-order valence-corrected chi connectivity index (χ4v) is 3.71. The third-order valence-corrected chi connectivity index (χ3v) is 5.26. The summed E-state index contributed by atoms with van der Waals surface area (Å²) in [6.07, 6.45) is 3.09. The first-order chi connectivity index (χ1) is 9.95. The predicted octanol–water partition coefficient (Wildman–Crippen LogP) is 2.61. The molecule has 2 aromatic heterocycles. The van der Waals surface area contributed by atoms with E-state index in [-0.39, 0.29) is 5.41 Å². The lowest BCUT2D eigenvalue weighted by Gasteiger charge is -2.24. The molecule has 0 amide bonds. The summed E-state index contributed by atoms with van der Waals surface area (Å²) < 4.78 is 1.88. The Bertz CT molecular complexity index is 622. The maximum Gasteiger partial charge on any atom is 0.0985 e. The molecule has 0 N–H and O–H groups in total. The lowest BCUT2D eigenvalue weighted by Crippen LogP contribution is -2.29. The van der Waals surface area contributed by atoms with Crippen molar-refractivity contribution in [2.75, 3.05) is 6.54 Å². The molecule has 21 heavy (non-hydrogen) atoms. The Labute approximate surface area is 130 Å². The van der Waals surface area contributed by atoms with Crippen LogP contribution in [0.4, 0.5) is 0 Å². The summed E-state index contributed by atoms with van der Waals surface area (Å²) in [5.74, 6) is 0. The monoisotopic (exact) mass is 305 g/mol. The second-order valence-electron chi connectivity index (χ2n) is 6.67. The van der Waals surface area contributed by atoms with E-state index in [9.17, 15) is 0 Å². The Kier molecular flexibility index (Phi) is 3.84. The number of fused-ring (bicyclic) bond motifs is 1. The molecule has 2 aromatic rings. The minimum absolute atomic E-state index is 0.149. The van der Waals surface area contributed by atoms with Crippen molar-refractivity contribution >= 4 is 11.3 Å². The maximum absolute atomic E-state index is 4.84. The molecule has 0 bridgehead atoms. The molecule has 6 heteroatoms. The lowest BCUT2D eigenvalue weighted by molar-refractivity contribution is 0.244. The van der Waals surface area contributed by atoms with Gasteiger partial charge in [-0.1, -0.05) is 26.0 Å². The van der Waals surface area contributed by atoms with Crippen molar-refractivity contribution in [2.24, 2.45) is 0 Å². The number of nitrogens with zero attached hydrogens (tertiary/aromatic N) is 5. The highest BCUT2D eigenvalue weighted by Gasteiger charge is 2.25. The molecular formula is C15H23N5S. The van der Waals surface area contributed by atoms with Gasteiger partial charge in [0.1, 0.15) is 0 Å². The Morgan fingerprint density at radius 2 is 2.14 bits per heavy atom. The van der Waals surface area contributed by atoms with Gasteiger partial charge in [0.2, 0.25) is 0 Å². The third-order valence-electron chi connectivity index (χ3n) is 3.75. The lowest BCUT2D eigenvalue weighted by atomic mass is 9.98. The highest BCUT2D eigenvalue weighted by Crippen LogP contribution is 2.32. The van der Waals surface area contributed by atoms with Crippen molar-refractivity contribution in [2.45, 2.75) is 59.2 Å². The summed E-state index contributed by atoms with van der Waals surface area (Å²) in [6.45, 7) is 12.6. The molecule has 0 saturated carbocycles. The van der Waals surface area contributed by atoms with Gasteiger partial charge < -0.3 is 0 Å². The highest BCUT2D eigenvalue weighted by atomic mass is 32.1. The Hall–Kier alpha value is -1.27. The van der Waals surface area contributed by atoms with Crippen molar-refractivity contribution in [3.63, 3.8) is 0 Å². The van der Waals surface area contributed by atoms with E-state index < -0.39 is 0 Å². The van der Waals surface area contributed by atoms with Crippen LogP contribution in [0.15, 0.2) is 6.20 Å². The van der Waals surface area contributed by atoms with Gasteiger partial charge in [-0.2, -0.15) is 0 Å². The number of thiazole rings is 1. The smallest absolute Gasteiger partial charge is 0.0985 e. The molecule has 0 saturated heterocycles. The van der Waals surface area contributed by atoms with Crippen LogP contribution < -0.4 is 0 Å². The second-order valence-corrected chi connectivity index (χ2v) is 7.75. The van der Waals surface area contributed by atoms with Crippen LogP contribution in [0.3, 0.4) is 0 Å². The number of rotatable bonds is 3. The van der Waals surface area contributed by atoms with Crippen LogP contribution >= 0.6 is 11.3 Å². The van der Waals surface area contributed by atoms with Crippen molar-refractivity contribution in [1.82, 2.24) is 24.9 Å². The van der Waals surface area contributed by atoms with Gasteiger partial charge in [-0.15, -0.1) is 16.4 Å². The summed E-state index contributed by atoms with van der Waals surface area (Å²) in [5.41, 5.74) is 2.51. The average Bonchev–Trinajstić information content (AvgIpc) is 3.03. The van der Waals surface area contributed by atoms with E-state index in [2.05, 4.69) is 42.9 Å². The molecule has 114 valence electrons. The van der Waals surface area contributed by atoms with Crippen LogP contribution in [0.5, 0.6) is 0 Å². The molecule has 0 fully saturated rings. The zero-order valence-corrected chi connectivity index (χ0v) is 14.1. The summed E-state index contributed by atoms with van der Waals surface area (Å²) in [7, 11) is 0. The minimum Gasteiger partial charge on any atom is -0.292 e. The number of hydrogen-bond acceptors (Lipinski definition) is 5. The van der Waals surface area contributed by atoms with Gasteiger partial charge >= 0.3 is 0 Å². The van der Waals surface area contributed by atoms with Gasteiger partial charge in [-0.3, -0.25) is 9.58 Å². The number of aryl methyl sites for hydroxylation is 1. The van der Waals surface area contributed by atoms with Gasteiger partial charge in [0.05, 0.1) is 16.4 Å². The average molecular weight is 305 g/mol. The van der Waals surface area contributed by atoms with Crippen LogP contribution in [0, 0.1) is 0 Å². The standard InChI is InChI=1S/C15H23N5S/c1-5-20-9-11(17-18-20)8-19-7-6-12-13(10-19)21-14(16-12)15(2,3)4/h9H,5-8,10H2,1-4H3. The molecule has 0 atom stereocenters. The van der Waals surface area contributed by atoms with Crippen LogP contribution in [0.25, 0.3) is 0 Å². The Balaban J connectivity index is 1.70. The molecule has 3 heterocycles. The normalized spacial score (nSPS) is 16.2. The maximum atomic E-state index is 4.84. The van der Waals surface area contributed by atoms with Gasteiger partial charge in [-0.25, -0.2) is 4.98 Å². The third kappa shape index (κ3) is 3.16. The molecule has 0 spiro atoms. The van der Waals surface area contributed by atoms with Crippen LogP contribution in [0.1, 0.15) is 49.0 Å². The molecule has 0 radical (unpaired) electrons. The number of hydrogen-bond donors (Lipinski definition) is 0. The molecule has 0 aliphatic carbocycles. The van der Waals surface area contributed by atoms with Crippen LogP contribution in [-0.2, 0) is 31.5 Å². The molecule has 1 aliphatic rings. The van der Waals surface area contributed by atoms with Gasteiger partial charge in [-0.05, 0) is 6.92 Å². The van der Waals surface area contributed by atoms with Crippen molar-refractivity contribution in [3.8, 4) is 0 Å². The predicted molar refractivity (Wildman–Crippen MR) is 84.3 cm³/mol. The summed E-state index contributed by atoms with van der Waals surface area (Å²) >= 11 is 1.87. The zero-order chi connectivity index (χ0) is 15.0. The first-order valence-corrected chi connectivity index (χ1v) is 8.38. The molecule has 1 aliphatic heterocycles. The van der Waals surface area contributed by atoms with Gasteiger partial charge in [0.25, 0.3) is 0 Å². The van der Waals surface area contributed by atoms with E-state index in [4.69, 9.17) is 4.98 Å². The summed E-state index contributed by atoms with van der Waals surface area (Å²) in [6, 6.07) is 0. The van der Waals surface area contributed by atoms with Gasteiger partial charge in [0.15, 0.2) is 0 Å². The Morgan fingerprint density at radius 1 is 1.33 bits per heavy atom. The van der Waals surface area contributed by atoms with E-state index in [1.807, 2.05) is 22.2 Å². The van der Waals surface area contributed by atoms with Crippen LogP contribution in [0.2, 0.25) is 0 Å². The second kappa shape index (κ2) is 5.50. The quantitative estimate of drug-likeness (QED) is 0.874. The van der Waals surface area contributed by atoms with E-state index in [0.29, 0.717) is 0 Å². The SMILES string of the molecule is CCn1cc(CN2CCc3nc(C(C)(C)C)sc3C2)nn1. The van der Waals surface area contributed by atoms with Gasteiger partial charge in [0, 0.05) is 49.1 Å². The van der Waals surface area contributed by atoms with E-state index in [0.717, 1.165) is 38.3 Å². The van der Waals surface area contributed by atoms with Crippen molar-refractivity contribution < 1.29 is 0 Å². The van der Waals surface area contributed by atoms with Crippen LogP contribution in [-0.4, -0.2) is 31.4 Å². The first kappa shape index (κ1) is 14.7. The zero-order valence-electron chi connectivity index (χ0n) is 13.3. The van der Waals surface area contributed by atoms with E-state index >= 15 is 0 Å². The topological polar surface area (TPSA) is 46.8 Å². The van der Waals surface area contributed by atoms with E-state index in [1.54, 1.807) is 0 Å². The minimum atomic E-state index is 0.149. The van der Waals surface area contributed by atoms with Crippen molar-refractivity contribution in [3.05, 3.63) is 27.5 Å². The molecular weight excluding hydrogens is 282 g/mol. The molecule has 0 unspecified atom stereocenters. The molecule has 3 rings (SSSR count). The Morgan fingerprint density at radius 3 is 2.81 bits per heavy atom. The molecule has 5 nitrogen and oxygen atoms in total.